The van der Waals surface area contributed by atoms with Crippen molar-refractivity contribution in [2.45, 2.75) is 43.6 Å². The molecule has 5 nitrogen and oxygen atoms in total. The molecule has 3 N–H and O–H groups in total. The number of rotatable bonds is 7. The van der Waals surface area contributed by atoms with Crippen LogP contribution in [0, 0.1) is 5.92 Å². The van der Waals surface area contributed by atoms with Crippen molar-refractivity contribution in [2.75, 3.05) is 26.7 Å². The summed E-state index contributed by atoms with van der Waals surface area (Å²) in [4.78, 5) is 15.4. The molecule has 1 aliphatic carbocycles. The van der Waals surface area contributed by atoms with E-state index in [4.69, 9.17) is 0 Å². The molecule has 2 amide bonds. The number of likely N-dealkylation sites (N-methyl/N-ethyl adjacent to an activating group) is 1. The third-order valence-corrected chi connectivity index (χ3v) is 8.71. The Morgan fingerprint density at radius 1 is 1.03 bits per heavy atom. The van der Waals surface area contributed by atoms with Crippen LogP contribution in [-0.4, -0.2) is 48.8 Å². The number of piperidine rings is 1. The molecule has 1 aliphatic heterocycles. The van der Waals surface area contributed by atoms with Crippen LogP contribution in [0.25, 0.3) is 0 Å². The predicted molar refractivity (Wildman–Crippen MR) is 144 cm³/mol. The molecule has 36 heavy (non-hydrogen) atoms. The first-order valence-corrected chi connectivity index (χ1v) is 13.1. The van der Waals surface area contributed by atoms with Crippen molar-refractivity contribution in [1.82, 2.24) is 15.5 Å². The third kappa shape index (κ3) is 4.72. The standard InChI is InChI=1S/C31H37N3O2/c1-22-29-19-25-13-14-26(35)20-28(25)31(22,16-18-34(29)2)15-17-32-30(36)33-21-27(23-9-5-3-6-10-23)24-11-7-4-8-12-24/h3-14,20,22,27,29,35H,15-19,21H2,1-2H3,(H2,32,33,36)/t22-,29+,31+/m0/s1. The number of carbonyl (C=O) groups is 1. The fourth-order valence-corrected chi connectivity index (χ4v) is 6.61. The number of phenols is 1. The summed E-state index contributed by atoms with van der Waals surface area (Å²) >= 11 is 0. The number of nitrogens with one attached hydrogen (secondary N) is 2. The van der Waals surface area contributed by atoms with Gasteiger partial charge in [0.25, 0.3) is 0 Å². The van der Waals surface area contributed by atoms with Crippen LogP contribution in [0.5, 0.6) is 5.75 Å². The second-order valence-corrected chi connectivity index (χ2v) is 10.5. The van der Waals surface area contributed by atoms with Crippen LogP contribution < -0.4 is 10.6 Å². The van der Waals surface area contributed by atoms with Gasteiger partial charge < -0.3 is 20.6 Å². The largest absolute Gasteiger partial charge is 0.508 e. The summed E-state index contributed by atoms with van der Waals surface area (Å²) < 4.78 is 0. The van der Waals surface area contributed by atoms with Crippen molar-refractivity contribution < 1.29 is 9.90 Å². The highest BCUT2D eigenvalue weighted by molar-refractivity contribution is 5.74. The number of amides is 2. The van der Waals surface area contributed by atoms with Crippen LogP contribution in [0.1, 0.15) is 47.9 Å². The van der Waals surface area contributed by atoms with Crippen LogP contribution >= 0.6 is 0 Å². The van der Waals surface area contributed by atoms with Crippen molar-refractivity contribution in [2.24, 2.45) is 5.92 Å². The number of benzene rings is 3. The lowest BCUT2D eigenvalue weighted by Gasteiger charge is -2.55. The summed E-state index contributed by atoms with van der Waals surface area (Å²) in [7, 11) is 2.22. The molecule has 5 heteroatoms. The van der Waals surface area contributed by atoms with Gasteiger partial charge in [0.05, 0.1) is 0 Å². The van der Waals surface area contributed by atoms with E-state index in [9.17, 15) is 9.90 Å². The van der Waals surface area contributed by atoms with Crippen LogP contribution in [0.15, 0.2) is 78.9 Å². The van der Waals surface area contributed by atoms with Crippen molar-refractivity contribution in [1.29, 1.82) is 0 Å². The summed E-state index contributed by atoms with van der Waals surface area (Å²) in [6.07, 6.45) is 2.91. The first-order chi connectivity index (χ1) is 17.5. The zero-order chi connectivity index (χ0) is 25.1. The Bertz CT molecular complexity index is 1140. The van der Waals surface area contributed by atoms with Crippen molar-refractivity contribution >= 4 is 6.03 Å². The molecule has 0 spiro atoms. The maximum Gasteiger partial charge on any atom is 0.314 e. The maximum absolute atomic E-state index is 12.9. The van der Waals surface area contributed by atoms with Gasteiger partial charge in [0.15, 0.2) is 0 Å². The molecule has 1 heterocycles. The second-order valence-electron chi connectivity index (χ2n) is 10.5. The number of nitrogens with zero attached hydrogens (tertiary/aromatic N) is 1. The predicted octanol–water partition coefficient (Wildman–Crippen LogP) is 5.05. The second kappa shape index (κ2) is 10.4. The Hall–Kier alpha value is -3.31. The molecule has 3 aromatic rings. The smallest absolute Gasteiger partial charge is 0.314 e. The van der Waals surface area contributed by atoms with Gasteiger partial charge in [0, 0.05) is 30.5 Å². The van der Waals surface area contributed by atoms with Crippen molar-refractivity contribution in [3.05, 3.63) is 101 Å². The van der Waals surface area contributed by atoms with Crippen molar-refractivity contribution in [3.63, 3.8) is 0 Å². The number of phenolic OH excluding ortho intramolecular Hbond substituents is 1. The number of urea groups is 1. The molecule has 188 valence electrons. The number of fused-ring (bicyclic) bond motifs is 4. The molecule has 0 unspecified atom stereocenters. The van der Waals surface area contributed by atoms with E-state index >= 15 is 0 Å². The Kier molecular flexibility index (Phi) is 7.01. The van der Waals surface area contributed by atoms with Gasteiger partial charge in [-0.2, -0.15) is 0 Å². The Balaban J connectivity index is 1.25. The number of aromatic hydroxyl groups is 1. The van der Waals surface area contributed by atoms with E-state index in [0.717, 1.165) is 25.8 Å². The van der Waals surface area contributed by atoms with Gasteiger partial charge in [0.1, 0.15) is 5.75 Å². The number of hydrogen-bond acceptors (Lipinski definition) is 3. The molecule has 1 saturated heterocycles. The molecule has 0 aromatic heterocycles. The number of hydrogen-bond donors (Lipinski definition) is 3. The van der Waals surface area contributed by atoms with Gasteiger partial charge >= 0.3 is 6.03 Å². The lowest BCUT2D eigenvalue weighted by Crippen LogP contribution is -2.58. The van der Waals surface area contributed by atoms with E-state index in [2.05, 4.69) is 59.8 Å². The molecule has 3 aromatic carbocycles. The van der Waals surface area contributed by atoms with Gasteiger partial charge in [0.2, 0.25) is 0 Å². The highest BCUT2D eigenvalue weighted by Crippen LogP contribution is 2.51. The molecular formula is C31H37N3O2. The van der Waals surface area contributed by atoms with Gasteiger partial charge in [-0.1, -0.05) is 73.7 Å². The zero-order valence-corrected chi connectivity index (χ0v) is 21.3. The zero-order valence-electron chi connectivity index (χ0n) is 21.3. The van der Waals surface area contributed by atoms with Crippen LogP contribution in [0.3, 0.4) is 0 Å². The van der Waals surface area contributed by atoms with Crippen LogP contribution in [-0.2, 0) is 11.8 Å². The van der Waals surface area contributed by atoms with E-state index < -0.39 is 0 Å². The van der Waals surface area contributed by atoms with Gasteiger partial charge in [-0.05, 0) is 73.2 Å². The summed E-state index contributed by atoms with van der Waals surface area (Å²) in [5.74, 6) is 0.881. The first-order valence-electron chi connectivity index (χ1n) is 13.1. The molecule has 1 fully saturated rings. The average Bonchev–Trinajstić information content (AvgIpc) is 2.89. The third-order valence-electron chi connectivity index (χ3n) is 8.71. The monoisotopic (exact) mass is 483 g/mol. The minimum Gasteiger partial charge on any atom is -0.508 e. The molecule has 2 aliphatic rings. The fourth-order valence-electron chi connectivity index (χ4n) is 6.61. The average molecular weight is 484 g/mol. The molecule has 0 saturated carbocycles. The Labute approximate surface area is 214 Å². The van der Waals surface area contributed by atoms with Crippen LogP contribution in [0.2, 0.25) is 0 Å². The number of carbonyl (C=O) groups excluding carboxylic acids is 1. The van der Waals surface area contributed by atoms with E-state index in [-0.39, 0.29) is 17.4 Å². The van der Waals surface area contributed by atoms with E-state index in [1.165, 1.54) is 22.3 Å². The minimum atomic E-state index is -0.132. The first kappa shape index (κ1) is 24.4. The Morgan fingerprint density at radius 3 is 2.36 bits per heavy atom. The summed E-state index contributed by atoms with van der Waals surface area (Å²) in [6.45, 7) is 4.51. The summed E-state index contributed by atoms with van der Waals surface area (Å²) in [6, 6.07) is 26.9. The fraction of sp³-hybridized carbons (Fsp3) is 0.387. The normalized spacial score (nSPS) is 23.2. The molecule has 0 radical (unpaired) electrons. The van der Waals surface area contributed by atoms with Crippen LogP contribution in [0.4, 0.5) is 4.79 Å². The highest BCUT2D eigenvalue weighted by atomic mass is 16.3. The molecule has 5 rings (SSSR count). The minimum absolute atomic E-state index is 0.0343. The molecular weight excluding hydrogens is 446 g/mol. The van der Waals surface area contributed by atoms with Crippen molar-refractivity contribution in [3.8, 4) is 5.75 Å². The highest BCUT2D eigenvalue weighted by Gasteiger charge is 2.50. The van der Waals surface area contributed by atoms with E-state index in [0.29, 0.717) is 30.8 Å². The lowest BCUT2D eigenvalue weighted by molar-refractivity contribution is 0.0363. The van der Waals surface area contributed by atoms with Gasteiger partial charge in [-0.25, -0.2) is 4.79 Å². The lowest BCUT2D eigenvalue weighted by atomic mass is 9.56. The summed E-state index contributed by atoms with van der Waals surface area (Å²) in [5, 5.41) is 16.5. The van der Waals surface area contributed by atoms with Gasteiger partial charge in [-0.15, -0.1) is 0 Å². The topological polar surface area (TPSA) is 64.6 Å². The van der Waals surface area contributed by atoms with E-state index in [1.54, 1.807) is 6.07 Å². The molecule has 2 bridgehead atoms. The summed E-state index contributed by atoms with van der Waals surface area (Å²) in [5.41, 5.74) is 4.95. The van der Waals surface area contributed by atoms with E-state index in [1.807, 2.05) is 42.5 Å². The SMILES string of the molecule is C[C@H]1[C@H]2Cc3ccc(O)cc3[C@]1(CCNC(=O)NCC(c1ccccc1)c1ccccc1)CCN2C. The quantitative estimate of drug-likeness (QED) is 0.441. The molecule has 3 atom stereocenters. The number of likely N-dealkylation sites (tertiary alicyclic amines) is 1. The Morgan fingerprint density at radius 2 is 1.69 bits per heavy atom. The maximum atomic E-state index is 12.9. The van der Waals surface area contributed by atoms with Gasteiger partial charge in [-0.3, -0.25) is 0 Å².